The van der Waals surface area contributed by atoms with E-state index in [0.717, 1.165) is 11.3 Å². The van der Waals surface area contributed by atoms with E-state index < -0.39 is 0 Å². The zero-order valence-corrected chi connectivity index (χ0v) is 9.92. The Morgan fingerprint density at radius 3 is 2.72 bits per heavy atom. The van der Waals surface area contributed by atoms with Crippen LogP contribution >= 0.6 is 0 Å². The molecule has 0 saturated carbocycles. The van der Waals surface area contributed by atoms with Crippen LogP contribution in [0.25, 0.3) is 0 Å². The number of hydrogen-bond acceptors (Lipinski definition) is 3. The lowest BCUT2D eigenvalue weighted by molar-refractivity contribution is 0.247. The van der Waals surface area contributed by atoms with Crippen LogP contribution in [0.2, 0.25) is 0 Å². The summed E-state index contributed by atoms with van der Waals surface area (Å²) in [4.78, 5) is 21.9. The van der Waals surface area contributed by atoms with E-state index >= 15 is 0 Å². The Bertz CT molecular complexity index is 594. The number of carbonyl (C=O) groups excluding carboxylic acids is 1. The van der Waals surface area contributed by atoms with Crippen LogP contribution in [0.1, 0.15) is 11.4 Å². The number of fused-ring (bicyclic) bond motifs is 1. The highest BCUT2D eigenvalue weighted by Crippen LogP contribution is 2.30. The Balaban J connectivity index is 2.10. The molecule has 5 nitrogen and oxygen atoms in total. The van der Waals surface area contributed by atoms with E-state index in [1.807, 2.05) is 31.2 Å². The molecule has 0 saturated heterocycles. The smallest absolute Gasteiger partial charge is 0.326 e. The minimum absolute atomic E-state index is 0.152. The largest absolute Gasteiger partial charge is 0.333 e. The van der Waals surface area contributed by atoms with Gasteiger partial charge in [0.1, 0.15) is 5.82 Å². The van der Waals surface area contributed by atoms with Crippen molar-refractivity contribution in [1.82, 2.24) is 15.3 Å². The number of carbonyl (C=O) groups is 1. The molecule has 5 heteroatoms. The van der Waals surface area contributed by atoms with Gasteiger partial charge in [-0.2, -0.15) is 0 Å². The number of para-hydroxylation sites is 1. The first-order valence-corrected chi connectivity index (χ1v) is 5.70. The lowest BCUT2D eigenvalue weighted by atomic mass is 10.1. The highest BCUT2D eigenvalue weighted by molar-refractivity contribution is 6.01. The van der Waals surface area contributed by atoms with Gasteiger partial charge in [0.15, 0.2) is 0 Å². The fraction of sp³-hybridized carbons (Fsp3) is 0.154. The number of anilines is 2. The van der Waals surface area contributed by atoms with Gasteiger partial charge in [0.25, 0.3) is 0 Å². The summed E-state index contributed by atoms with van der Waals surface area (Å²) in [5.74, 6) is 0.685. The number of nitrogens with one attached hydrogen (secondary N) is 1. The normalized spacial score (nSPS) is 14.1. The predicted molar refractivity (Wildman–Crippen MR) is 67.6 cm³/mol. The summed E-state index contributed by atoms with van der Waals surface area (Å²) in [6.45, 7) is 2.37. The quantitative estimate of drug-likeness (QED) is 0.830. The van der Waals surface area contributed by atoms with Gasteiger partial charge in [0.05, 0.1) is 23.8 Å². The van der Waals surface area contributed by atoms with Crippen molar-refractivity contribution in [3.63, 3.8) is 0 Å². The molecule has 2 heterocycles. The van der Waals surface area contributed by atoms with Crippen molar-refractivity contribution in [1.29, 1.82) is 0 Å². The zero-order chi connectivity index (χ0) is 12.5. The zero-order valence-electron chi connectivity index (χ0n) is 9.92. The van der Waals surface area contributed by atoms with Crippen molar-refractivity contribution < 1.29 is 4.79 Å². The molecule has 3 rings (SSSR count). The maximum Gasteiger partial charge on any atom is 0.326 e. The van der Waals surface area contributed by atoms with Gasteiger partial charge >= 0.3 is 6.03 Å². The van der Waals surface area contributed by atoms with E-state index in [2.05, 4.69) is 15.3 Å². The molecular formula is C13H12N4O. The highest BCUT2D eigenvalue weighted by Gasteiger charge is 2.25. The fourth-order valence-electron chi connectivity index (χ4n) is 2.00. The summed E-state index contributed by atoms with van der Waals surface area (Å²) in [6, 6.07) is 7.64. The van der Waals surface area contributed by atoms with Gasteiger partial charge in [0.2, 0.25) is 0 Å². The standard InChI is InChI=1S/C13H12N4O/c1-9-14-7-11(8-15-9)17-12-5-3-2-4-10(12)6-16-13(17)18/h2-5,7-8H,6H2,1H3,(H,16,18). The Labute approximate surface area is 104 Å². The average molecular weight is 240 g/mol. The van der Waals surface area contributed by atoms with Gasteiger partial charge < -0.3 is 5.32 Å². The molecule has 1 aliphatic heterocycles. The lowest BCUT2D eigenvalue weighted by Crippen LogP contribution is -2.41. The van der Waals surface area contributed by atoms with Gasteiger partial charge in [-0.3, -0.25) is 4.90 Å². The Morgan fingerprint density at radius 1 is 1.22 bits per heavy atom. The summed E-state index contributed by atoms with van der Waals surface area (Å²) in [5.41, 5.74) is 2.64. The summed E-state index contributed by atoms with van der Waals surface area (Å²) in [5, 5.41) is 2.83. The number of urea groups is 1. The van der Waals surface area contributed by atoms with Gasteiger partial charge in [-0.1, -0.05) is 18.2 Å². The number of aryl methyl sites for hydroxylation is 1. The number of aromatic nitrogens is 2. The monoisotopic (exact) mass is 240 g/mol. The van der Waals surface area contributed by atoms with Crippen LogP contribution in [-0.2, 0) is 6.54 Å². The molecule has 18 heavy (non-hydrogen) atoms. The number of nitrogens with zero attached hydrogens (tertiary/aromatic N) is 3. The van der Waals surface area contributed by atoms with Crippen molar-refractivity contribution in [3.05, 3.63) is 48.0 Å². The van der Waals surface area contributed by atoms with Crippen LogP contribution in [0.15, 0.2) is 36.7 Å². The van der Waals surface area contributed by atoms with Crippen molar-refractivity contribution in [2.45, 2.75) is 13.5 Å². The average Bonchev–Trinajstić information content (AvgIpc) is 2.40. The third-order valence-electron chi connectivity index (χ3n) is 2.89. The first kappa shape index (κ1) is 10.7. The summed E-state index contributed by atoms with van der Waals surface area (Å²) in [6.07, 6.45) is 3.31. The van der Waals surface area contributed by atoms with Gasteiger partial charge in [0, 0.05) is 6.54 Å². The molecule has 1 aliphatic rings. The van der Waals surface area contributed by atoms with Gasteiger partial charge in [-0.15, -0.1) is 0 Å². The molecule has 1 aromatic carbocycles. The molecule has 0 atom stereocenters. The third-order valence-corrected chi connectivity index (χ3v) is 2.89. The molecule has 0 fully saturated rings. The van der Waals surface area contributed by atoms with Crippen LogP contribution in [0.4, 0.5) is 16.2 Å². The van der Waals surface area contributed by atoms with Crippen LogP contribution in [0.5, 0.6) is 0 Å². The number of hydrogen-bond donors (Lipinski definition) is 1. The van der Waals surface area contributed by atoms with Gasteiger partial charge in [-0.05, 0) is 18.6 Å². The van der Waals surface area contributed by atoms with E-state index in [1.54, 1.807) is 17.3 Å². The molecule has 0 unspecified atom stereocenters. The van der Waals surface area contributed by atoms with Crippen molar-refractivity contribution >= 4 is 17.4 Å². The van der Waals surface area contributed by atoms with Crippen LogP contribution < -0.4 is 10.2 Å². The lowest BCUT2D eigenvalue weighted by Gasteiger charge is -2.29. The van der Waals surface area contributed by atoms with E-state index in [-0.39, 0.29) is 6.03 Å². The topological polar surface area (TPSA) is 58.1 Å². The first-order valence-electron chi connectivity index (χ1n) is 5.70. The van der Waals surface area contributed by atoms with E-state index in [4.69, 9.17) is 0 Å². The van der Waals surface area contributed by atoms with Crippen molar-refractivity contribution in [2.75, 3.05) is 4.90 Å². The fourth-order valence-corrected chi connectivity index (χ4v) is 2.00. The Morgan fingerprint density at radius 2 is 1.94 bits per heavy atom. The number of rotatable bonds is 1. The van der Waals surface area contributed by atoms with Crippen LogP contribution in [0.3, 0.4) is 0 Å². The molecule has 1 aromatic heterocycles. The SMILES string of the molecule is Cc1ncc(N2C(=O)NCc3ccccc32)cn1. The van der Waals surface area contributed by atoms with Gasteiger partial charge in [-0.25, -0.2) is 14.8 Å². The van der Waals surface area contributed by atoms with Crippen LogP contribution in [0, 0.1) is 6.92 Å². The summed E-state index contributed by atoms with van der Waals surface area (Å²) in [7, 11) is 0. The maximum atomic E-state index is 12.0. The third kappa shape index (κ3) is 1.69. The first-order chi connectivity index (χ1) is 8.75. The minimum atomic E-state index is -0.152. The molecule has 90 valence electrons. The molecule has 0 spiro atoms. The predicted octanol–water partition coefficient (Wildman–Crippen LogP) is 2.15. The van der Waals surface area contributed by atoms with Crippen LogP contribution in [-0.4, -0.2) is 16.0 Å². The molecular weight excluding hydrogens is 228 g/mol. The second kappa shape index (κ2) is 4.10. The van der Waals surface area contributed by atoms with Crippen molar-refractivity contribution in [2.24, 2.45) is 0 Å². The maximum absolute atomic E-state index is 12.0. The second-order valence-corrected chi connectivity index (χ2v) is 4.11. The van der Waals surface area contributed by atoms with E-state index in [0.29, 0.717) is 18.1 Å². The molecule has 2 amide bonds. The minimum Gasteiger partial charge on any atom is -0.333 e. The molecule has 1 N–H and O–H groups in total. The molecule has 0 radical (unpaired) electrons. The second-order valence-electron chi connectivity index (χ2n) is 4.11. The van der Waals surface area contributed by atoms with E-state index in [9.17, 15) is 4.79 Å². The Kier molecular flexibility index (Phi) is 2.44. The summed E-state index contributed by atoms with van der Waals surface area (Å²) >= 11 is 0. The molecule has 0 aliphatic carbocycles. The number of benzene rings is 1. The number of amides is 2. The molecule has 0 bridgehead atoms. The highest BCUT2D eigenvalue weighted by atomic mass is 16.2. The van der Waals surface area contributed by atoms with E-state index in [1.165, 1.54) is 0 Å². The van der Waals surface area contributed by atoms with Crippen molar-refractivity contribution in [3.8, 4) is 0 Å². The summed E-state index contributed by atoms with van der Waals surface area (Å²) < 4.78 is 0. The Hall–Kier alpha value is -2.43. The molecule has 2 aromatic rings.